The summed E-state index contributed by atoms with van der Waals surface area (Å²) in [6, 6.07) is 12.9. The van der Waals surface area contributed by atoms with Crippen molar-refractivity contribution in [3.8, 4) is 6.07 Å². The quantitative estimate of drug-likeness (QED) is 0.601. The highest BCUT2D eigenvalue weighted by Crippen LogP contribution is 2.41. The van der Waals surface area contributed by atoms with Crippen molar-refractivity contribution in [1.29, 1.82) is 5.26 Å². The highest BCUT2D eigenvalue weighted by molar-refractivity contribution is 6.91. The van der Waals surface area contributed by atoms with Crippen molar-refractivity contribution in [1.82, 2.24) is 0 Å². The monoisotopic (exact) mass is 347 g/mol. The second-order valence-electron chi connectivity index (χ2n) is 8.54. The molecule has 5 heteroatoms. The van der Waals surface area contributed by atoms with Crippen LogP contribution in [0.5, 0.6) is 0 Å². The fourth-order valence-electron chi connectivity index (χ4n) is 2.63. The minimum atomic E-state index is -1.97. The minimum absolute atomic E-state index is 0.0732. The lowest BCUT2D eigenvalue weighted by atomic mass is 10.2. The number of rotatable bonds is 5. The van der Waals surface area contributed by atoms with Gasteiger partial charge in [-0.05, 0) is 18.1 Å². The molecule has 1 aliphatic heterocycles. The topological polar surface area (TPSA) is 45.5 Å². The summed E-state index contributed by atoms with van der Waals surface area (Å²) in [5, 5.41) is 11.1. The third kappa shape index (κ3) is 3.77. The molecule has 1 aromatic carbocycles. The molecule has 1 saturated heterocycles. The van der Waals surface area contributed by atoms with Gasteiger partial charge in [-0.2, -0.15) is 5.26 Å². The normalized spacial score (nSPS) is 23.2. The molecule has 23 heavy (non-hydrogen) atoms. The van der Waals surface area contributed by atoms with Crippen LogP contribution >= 0.6 is 0 Å². The molecular formula is C18H29NO2Si2. The molecule has 1 aliphatic rings. The molecule has 3 atom stereocenters. The van der Waals surface area contributed by atoms with Gasteiger partial charge in [0.05, 0.1) is 11.8 Å². The van der Waals surface area contributed by atoms with Crippen LogP contribution in [0.3, 0.4) is 0 Å². The number of hydrogen-bond acceptors (Lipinski definition) is 3. The Bertz CT molecular complexity index is 587. The minimum Gasteiger partial charge on any atom is -0.399 e. The molecular weight excluding hydrogens is 318 g/mol. The smallest absolute Gasteiger partial charge is 0.193 e. The van der Waals surface area contributed by atoms with Crippen LogP contribution in [0.1, 0.15) is 20.8 Å². The number of nitriles is 1. The van der Waals surface area contributed by atoms with Gasteiger partial charge in [0.1, 0.15) is 14.2 Å². The summed E-state index contributed by atoms with van der Waals surface area (Å²) in [6.07, 6.45) is -0.521. The van der Waals surface area contributed by atoms with E-state index >= 15 is 0 Å². The molecule has 0 amide bonds. The molecule has 3 nitrogen and oxygen atoms in total. The number of nitrogens with zero attached hydrogens (tertiary/aromatic N) is 1. The fraction of sp³-hybridized carbons (Fsp3) is 0.611. The van der Waals surface area contributed by atoms with Crippen LogP contribution in [0.4, 0.5) is 0 Å². The standard InChI is InChI=1S/C18H29NO2Si2/c1-18(2,3)23(6,7)21-15(13-19)16-17(20-16)22(4,5)14-11-9-8-10-12-14/h8-12,15-17H,1-7H3/t15-,16-,17-/m1/s1. The summed E-state index contributed by atoms with van der Waals surface area (Å²) in [6.45, 7) is 15.6. The molecule has 0 aromatic heterocycles. The predicted octanol–water partition coefficient (Wildman–Crippen LogP) is 3.82. The van der Waals surface area contributed by atoms with E-state index in [1.165, 1.54) is 5.19 Å². The predicted molar refractivity (Wildman–Crippen MR) is 99.9 cm³/mol. The molecule has 0 saturated carbocycles. The van der Waals surface area contributed by atoms with Crippen LogP contribution < -0.4 is 5.19 Å². The summed E-state index contributed by atoms with van der Waals surface area (Å²) in [5.41, 5.74) is 0.166. The van der Waals surface area contributed by atoms with Crippen LogP contribution in [0.2, 0.25) is 31.2 Å². The number of benzene rings is 1. The van der Waals surface area contributed by atoms with Gasteiger partial charge in [0.25, 0.3) is 0 Å². The molecule has 0 spiro atoms. The van der Waals surface area contributed by atoms with E-state index in [1.54, 1.807) is 0 Å². The molecule has 1 heterocycles. The number of hydrogen-bond donors (Lipinski definition) is 0. The Labute approximate surface area is 142 Å². The Morgan fingerprint density at radius 3 is 2.17 bits per heavy atom. The summed E-state index contributed by atoms with van der Waals surface area (Å²) >= 11 is 0. The zero-order valence-corrected chi connectivity index (χ0v) is 17.4. The van der Waals surface area contributed by atoms with E-state index in [1.807, 2.05) is 6.07 Å². The molecule has 0 bridgehead atoms. The van der Waals surface area contributed by atoms with Gasteiger partial charge in [0.2, 0.25) is 0 Å². The van der Waals surface area contributed by atoms with Crippen LogP contribution in [0.25, 0.3) is 0 Å². The first-order chi connectivity index (χ1) is 10.5. The van der Waals surface area contributed by atoms with Crippen molar-refractivity contribution in [2.75, 3.05) is 0 Å². The third-order valence-corrected chi connectivity index (χ3v) is 13.6. The van der Waals surface area contributed by atoms with E-state index in [4.69, 9.17) is 9.16 Å². The lowest BCUT2D eigenvalue weighted by molar-refractivity contribution is 0.188. The van der Waals surface area contributed by atoms with Crippen molar-refractivity contribution in [3.05, 3.63) is 30.3 Å². The van der Waals surface area contributed by atoms with Crippen molar-refractivity contribution in [2.24, 2.45) is 0 Å². The first kappa shape index (κ1) is 18.4. The maximum absolute atomic E-state index is 9.60. The highest BCUT2D eigenvalue weighted by atomic mass is 28.4. The van der Waals surface area contributed by atoms with Crippen molar-refractivity contribution < 1.29 is 9.16 Å². The molecule has 1 fully saturated rings. The highest BCUT2D eigenvalue weighted by Gasteiger charge is 2.57. The van der Waals surface area contributed by atoms with Crippen LogP contribution in [0, 0.1) is 11.3 Å². The average molecular weight is 348 g/mol. The lowest BCUT2D eigenvalue weighted by Crippen LogP contribution is -2.50. The maximum atomic E-state index is 9.60. The average Bonchev–Trinajstić information content (AvgIpc) is 3.25. The van der Waals surface area contributed by atoms with E-state index in [2.05, 4.69) is 77.3 Å². The van der Waals surface area contributed by atoms with Crippen LogP contribution in [-0.4, -0.2) is 34.3 Å². The largest absolute Gasteiger partial charge is 0.399 e. The number of ether oxygens (including phenoxy) is 1. The number of epoxide rings is 1. The van der Waals surface area contributed by atoms with Crippen molar-refractivity contribution in [3.63, 3.8) is 0 Å². The molecule has 2 rings (SSSR count). The molecule has 0 radical (unpaired) electrons. The molecule has 0 N–H and O–H groups in total. The molecule has 0 aliphatic carbocycles. The van der Waals surface area contributed by atoms with Crippen LogP contribution in [0.15, 0.2) is 30.3 Å². The first-order valence-electron chi connectivity index (χ1n) is 8.29. The zero-order chi connectivity index (χ0) is 17.5. The second-order valence-corrected chi connectivity index (χ2v) is 17.9. The van der Waals surface area contributed by atoms with E-state index in [9.17, 15) is 5.26 Å². The molecule has 0 unspecified atom stereocenters. The van der Waals surface area contributed by atoms with Gasteiger partial charge in [-0.25, -0.2) is 0 Å². The van der Waals surface area contributed by atoms with Crippen molar-refractivity contribution >= 4 is 21.6 Å². The summed E-state index contributed by atoms with van der Waals surface area (Å²) in [7, 11) is -3.71. The van der Waals surface area contributed by atoms with Gasteiger partial charge in [0, 0.05) is 0 Å². The van der Waals surface area contributed by atoms with Gasteiger partial charge >= 0.3 is 0 Å². The second kappa shape index (κ2) is 6.17. The zero-order valence-electron chi connectivity index (χ0n) is 15.4. The summed E-state index contributed by atoms with van der Waals surface area (Å²) in [5.74, 6) is 0. The van der Waals surface area contributed by atoms with Crippen molar-refractivity contribution in [2.45, 2.75) is 69.9 Å². The Morgan fingerprint density at radius 1 is 1.13 bits per heavy atom. The molecule has 1 aromatic rings. The Balaban J connectivity index is 2.11. The van der Waals surface area contributed by atoms with E-state index in [0.29, 0.717) is 0 Å². The maximum Gasteiger partial charge on any atom is 0.193 e. The Hall–Kier alpha value is -0.936. The summed E-state index contributed by atoms with van der Waals surface area (Å²) in [4.78, 5) is 0. The first-order valence-corrected chi connectivity index (χ1v) is 14.3. The Kier molecular flexibility index (Phi) is 4.94. The van der Waals surface area contributed by atoms with E-state index in [-0.39, 0.29) is 16.9 Å². The lowest BCUT2D eigenvalue weighted by Gasteiger charge is -2.37. The molecule has 126 valence electrons. The SMILES string of the molecule is CC(C)(C)[Si](C)(C)O[C@H](C#N)[C@H]1O[C@@H]1[Si](C)(C)c1ccccc1. The van der Waals surface area contributed by atoms with Gasteiger partial charge < -0.3 is 9.16 Å². The van der Waals surface area contributed by atoms with Gasteiger partial charge in [-0.1, -0.05) is 69.4 Å². The third-order valence-electron chi connectivity index (χ3n) is 5.41. The van der Waals surface area contributed by atoms with Gasteiger partial charge in [0.15, 0.2) is 14.4 Å². The van der Waals surface area contributed by atoms with E-state index in [0.717, 1.165) is 0 Å². The van der Waals surface area contributed by atoms with Gasteiger partial charge in [-0.15, -0.1) is 0 Å². The fourth-order valence-corrected chi connectivity index (χ4v) is 6.68. The summed E-state index contributed by atoms with van der Waals surface area (Å²) < 4.78 is 12.3. The van der Waals surface area contributed by atoms with E-state index < -0.39 is 22.5 Å². The Morgan fingerprint density at radius 2 is 1.70 bits per heavy atom. The van der Waals surface area contributed by atoms with Gasteiger partial charge in [-0.3, -0.25) is 0 Å². The van der Waals surface area contributed by atoms with Crippen LogP contribution in [-0.2, 0) is 9.16 Å².